The molecule has 1 rings (SSSR count). The first-order chi connectivity index (χ1) is 9.40. The third-order valence-electron chi connectivity index (χ3n) is 2.80. The van der Waals surface area contributed by atoms with Gasteiger partial charge in [0.25, 0.3) is 0 Å². The Bertz CT molecular complexity index is 460. The number of hydrogen-bond acceptors (Lipinski definition) is 3. The lowest BCUT2D eigenvalue weighted by Crippen LogP contribution is -2.44. The zero-order valence-corrected chi connectivity index (χ0v) is 13.2. The maximum absolute atomic E-state index is 11.7. The molecule has 4 N–H and O–H groups in total. The number of carbonyl (C=O) groups excluding carboxylic acids is 2. The Hall–Kier alpha value is -1.40. The van der Waals surface area contributed by atoms with Gasteiger partial charge in [0, 0.05) is 23.1 Å². The van der Waals surface area contributed by atoms with E-state index in [2.05, 4.69) is 26.6 Å². The number of halogens is 1. The fraction of sp³-hybridized carbons (Fsp3) is 0.429. The molecule has 0 heterocycles. The van der Waals surface area contributed by atoms with Crippen LogP contribution in [0.15, 0.2) is 28.7 Å². The summed E-state index contributed by atoms with van der Waals surface area (Å²) < 4.78 is 0.949. The minimum Gasteiger partial charge on any atom is -0.354 e. The molecule has 5 nitrogen and oxygen atoms in total. The highest BCUT2D eigenvalue weighted by Gasteiger charge is 2.16. The molecule has 0 radical (unpaired) electrons. The highest BCUT2D eigenvalue weighted by atomic mass is 79.9. The molecular weight excluding hydrogens is 322 g/mol. The van der Waals surface area contributed by atoms with Crippen LogP contribution < -0.4 is 16.4 Å². The standard InChI is InChI=1S/C14H20BrN3O2/c1-9(2)13(16)14(20)17-8-7-12(19)18-11-5-3-10(15)4-6-11/h3-6,9,13H,7-8,16H2,1-2H3,(H,17,20)(H,18,19)/t13-/m0/s1. The van der Waals surface area contributed by atoms with Crippen LogP contribution in [0.3, 0.4) is 0 Å². The molecule has 2 amide bonds. The number of benzene rings is 1. The molecule has 20 heavy (non-hydrogen) atoms. The second-order valence-corrected chi connectivity index (χ2v) is 5.78. The smallest absolute Gasteiger partial charge is 0.237 e. The number of nitrogens with two attached hydrogens (primary N) is 1. The van der Waals surface area contributed by atoms with E-state index in [1.54, 1.807) is 12.1 Å². The molecule has 0 saturated heterocycles. The van der Waals surface area contributed by atoms with Crippen LogP contribution in [-0.4, -0.2) is 24.4 Å². The van der Waals surface area contributed by atoms with Gasteiger partial charge < -0.3 is 16.4 Å². The Balaban J connectivity index is 2.30. The lowest BCUT2D eigenvalue weighted by atomic mass is 10.1. The maximum atomic E-state index is 11.7. The van der Waals surface area contributed by atoms with Crippen molar-refractivity contribution in [3.8, 4) is 0 Å². The van der Waals surface area contributed by atoms with Gasteiger partial charge in [0.15, 0.2) is 0 Å². The number of amides is 2. The molecule has 0 fully saturated rings. The van der Waals surface area contributed by atoms with Crippen LogP contribution in [0.5, 0.6) is 0 Å². The molecule has 0 aliphatic rings. The van der Waals surface area contributed by atoms with Crippen LogP contribution in [0.2, 0.25) is 0 Å². The van der Waals surface area contributed by atoms with E-state index < -0.39 is 6.04 Å². The van der Waals surface area contributed by atoms with Gasteiger partial charge in [-0.05, 0) is 30.2 Å². The second-order valence-electron chi connectivity index (χ2n) is 4.87. The summed E-state index contributed by atoms with van der Waals surface area (Å²) in [6.07, 6.45) is 0.215. The average molecular weight is 342 g/mol. The molecular formula is C14H20BrN3O2. The summed E-state index contributed by atoms with van der Waals surface area (Å²) in [6, 6.07) is 6.76. The predicted octanol–water partition coefficient (Wildman–Crippen LogP) is 1.88. The molecule has 0 aliphatic carbocycles. The van der Waals surface area contributed by atoms with Gasteiger partial charge in [-0.3, -0.25) is 9.59 Å². The molecule has 0 spiro atoms. The largest absolute Gasteiger partial charge is 0.354 e. The highest BCUT2D eigenvalue weighted by Crippen LogP contribution is 2.14. The summed E-state index contributed by atoms with van der Waals surface area (Å²) >= 11 is 3.32. The fourth-order valence-electron chi connectivity index (χ4n) is 1.48. The van der Waals surface area contributed by atoms with Gasteiger partial charge in [0.2, 0.25) is 11.8 Å². The van der Waals surface area contributed by atoms with Crippen LogP contribution in [0.1, 0.15) is 20.3 Å². The zero-order chi connectivity index (χ0) is 15.1. The first-order valence-corrected chi connectivity index (χ1v) is 7.28. The van der Waals surface area contributed by atoms with Gasteiger partial charge in [-0.15, -0.1) is 0 Å². The third-order valence-corrected chi connectivity index (χ3v) is 3.33. The number of rotatable bonds is 6. The summed E-state index contributed by atoms with van der Waals surface area (Å²) in [4.78, 5) is 23.3. The Morgan fingerprint density at radius 1 is 1.25 bits per heavy atom. The van der Waals surface area contributed by atoms with Crippen molar-refractivity contribution in [3.63, 3.8) is 0 Å². The van der Waals surface area contributed by atoms with Crippen molar-refractivity contribution in [2.75, 3.05) is 11.9 Å². The van der Waals surface area contributed by atoms with Crippen molar-refractivity contribution in [2.24, 2.45) is 11.7 Å². The highest BCUT2D eigenvalue weighted by molar-refractivity contribution is 9.10. The molecule has 1 atom stereocenters. The zero-order valence-electron chi connectivity index (χ0n) is 11.7. The van der Waals surface area contributed by atoms with E-state index in [1.165, 1.54) is 0 Å². The van der Waals surface area contributed by atoms with Gasteiger partial charge in [-0.1, -0.05) is 29.8 Å². The number of anilines is 1. The molecule has 0 aliphatic heterocycles. The Morgan fingerprint density at radius 3 is 2.40 bits per heavy atom. The quantitative estimate of drug-likeness (QED) is 0.738. The summed E-state index contributed by atoms with van der Waals surface area (Å²) in [7, 11) is 0. The van der Waals surface area contributed by atoms with Crippen LogP contribution in [-0.2, 0) is 9.59 Å². The summed E-state index contributed by atoms with van der Waals surface area (Å²) in [5.41, 5.74) is 6.42. The fourth-order valence-corrected chi connectivity index (χ4v) is 1.74. The van der Waals surface area contributed by atoms with E-state index in [9.17, 15) is 9.59 Å². The SMILES string of the molecule is CC(C)[C@H](N)C(=O)NCCC(=O)Nc1ccc(Br)cc1. The van der Waals surface area contributed by atoms with Crippen LogP contribution >= 0.6 is 15.9 Å². The number of nitrogens with one attached hydrogen (secondary N) is 2. The lowest BCUT2D eigenvalue weighted by molar-refractivity contribution is -0.123. The summed E-state index contributed by atoms with van der Waals surface area (Å²) in [5.74, 6) is -0.297. The minimum absolute atomic E-state index is 0.0755. The Labute approximate surface area is 127 Å². The number of hydrogen-bond donors (Lipinski definition) is 3. The second kappa shape index (κ2) is 8.01. The van der Waals surface area contributed by atoms with Crippen LogP contribution in [0, 0.1) is 5.92 Å². The van der Waals surface area contributed by atoms with Gasteiger partial charge >= 0.3 is 0 Å². The van der Waals surface area contributed by atoms with Crippen molar-refractivity contribution < 1.29 is 9.59 Å². The van der Waals surface area contributed by atoms with Gasteiger partial charge in [0.1, 0.15) is 0 Å². The maximum Gasteiger partial charge on any atom is 0.237 e. The van der Waals surface area contributed by atoms with Crippen molar-refractivity contribution in [2.45, 2.75) is 26.3 Å². The molecule has 1 aromatic carbocycles. The Kier molecular flexibility index (Phi) is 6.67. The van der Waals surface area contributed by atoms with E-state index in [0.29, 0.717) is 0 Å². The Morgan fingerprint density at radius 2 is 1.85 bits per heavy atom. The van der Waals surface area contributed by atoms with E-state index >= 15 is 0 Å². The van der Waals surface area contributed by atoms with Crippen LogP contribution in [0.25, 0.3) is 0 Å². The van der Waals surface area contributed by atoms with Crippen molar-refractivity contribution in [3.05, 3.63) is 28.7 Å². The molecule has 0 unspecified atom stereocenters. The average Bonchev–Trinajstić information content (AvgIpc) is 2.40. The predicted molar refractivity (Wildman–Crippen MR) is 83.2 cm³/mol. The van der Waals surface area contributed by atoms with Gasteiger partial charge in [-0.25, -0.2) is 0 Å². The normalized spacial score (nSPS) is 12.1. The van der Waals surface area contributed by atoms with Crippen LogP contribution in [0.4, 0.5) is 5.69 Å². The molecule has 0 bridgehead atoms. The van der Waals surface area contributed by atoms with Crippen molar-refractivity contribution >= 4 is 33.4 Å². The number of carbonyl (C=O) groups is 2. The third kappa shape index (κ3) is 5.71. The minimum atomic E-state index is -0.537. The topological polar surface area (TPSA) is 84.2 Å². The summed E-state index contributed by atoms with van der Waals surface area (Å²) in [5, 5.41) is 5.41. The molecule has 6 heteroatoms. The van der Waals surface area contributed by atoms with Crippen molar-refractivity contribution in [1.29, 1.82) is 0 Å². The first-order valence-electron chi connectivity index (χ1n) is 6.49. The van der Waals surface area contributed by atoms with Gasteiger partial charge in [0.05, 0.1) is 6.04 Å². The summed E-state index contributed by atoms with van der Waals surface area (Å²) in [6.45, 7) is 4.04. The van der Waals surface area contributed by atoms with Crippen molar-refractivity contribution in [1.82, 2.24) is 5.32 Å². The first kappa shape index (κ1) is 16.7. The lowest BCUT2D eigenvalue weighted by Gasteiger charge is -2.15. The van der Waals surface area contributed by atoms with E-state index in [1.807, 2.05) is 26.0 Å². The molecule has 0 saturated carbocycles. The molecule has 0 aromatic heterocycles. The van der Waals surface area contributed by atoms with E-state index in [4.69, 9.17) is 5.73 Å². The monoisotopic (exact) mass is 341 g/mol. The van der Waals surface area contributed by atoms with E-state index in [0.717, 1.165) is 10.2 Å². The van der Waals surface area contributed by atoms with Gasteiger partial charge in [-0.2, -0.15) is 0 Å². The molecule has 1 aromatic rings. The van der Waals surface area contributed by atoms with E-state index in [-0.39, 0.29) is 30.7 Å². The molecule has 110 valence electrons.